The normalized spacial score (nSPS) is 12.6. The van der Waals surface area contributed by atoms with E-state index in [4.69, 9.17) is 5.73 Å². The van der Waals surface area contributed by atoms with E-state index in [1.54, 1.807) is 10.6 Å². The number of benzene rings is 1. The number of nitrogens with zero attached hydrogens (tertiary/aromatic N) is 1. The van der Waals surface area contributed by atoms with Gasteiger partial charge in [0, 0.05) is 5.39 Å². The molecule has 0 aliphatic carbocycles. The molecule has 0 saturated heterocycles. The van der Waals surface area contributed by atoms with Gasteiger partial charge in [0.25, 0.3) is 5.56 Å². The molecule has 1 unspecified atom stereocenters. The van der Waals surface area contributed by atoms with Crippen molar-refractivity contribution in [3.63, 3.8) is 0 Å². The van der Waals surface area contributed by atoms with Crippen LogP contribution in [0.5, 0.6) is 0 Å². The summed E-state index contributed by atoms with van der Waals surface area (Å²) in [6, 6.07) is 9.15. The molecule has 82 valence electrons. The fourth-order valence-electron chi connectivity index (χ4n) is 1.82. The van der Waals surface area contributed by atoms with E-state index in [0.717, 1.165) is 5.39 Å². The Kier molecular flexibility index (Phi) is 2.52. The Labute approximate surface area is 93.8 Å². The third-order valence-corrected chi connectivity index (χ3v) is 2.74. The Morgan fingerprint density at radius 3 is 2.81 bits per heavy atom. The third kappa shape index (κ3) is 1.50. The molecule has 0 fully saturated rings. The minimum absolute atomic E-state index is 0.0667. The molecule has 3 heteroatoms. The fraction of sp³-hybridized carbons (Fsp3) is 0.154. The number of hydrogen-bond acceptors (Lipinski definition) is 2. The molecule has 3 nitrogen and oxygen atoms in total. The molecule has 0 aliphatic heterocycles. The maximum Gasteiger partial charge on any atom is 0.260 e. The van der Waals surface area contributed by atoms with Gasteiger partial charge in [-0.3, -0.25) is 9.36 Å². The van der Waals surface area contributed by atoms with E-state index < -0.39 is 0 Å². The van der Waals surface area contributed by atoms with Crippen LogP contribution < -0.4 is 11.3 Å². The summed E-state index contributed by atoms with van der Waals surface area (Å²) in [5, 5.41) is 1.56. The molecule has 0 spiro atoms. The Morgan fingerprint density at radius 1 is 1.44 bits per heavy atom. The number of fused-ring (bicyclic) bond motifs is 1. The first-order valence-electron chi connectivity index (χ1n) is 5.17. The zero-order valence-electron chi connectivity index (χ0n) is 9.18. The van der Waals surface area contributed by atoms with Crippen LogP contribution in [0.1, 0.15) is 13.0 Å². The van der Waals surface area contributed by atoms with Gasteiger partial charge in [0.05, 0.1) is 6.04 Å². The van der Waals surface area contributed by atoms with Crippen molar-refractivity contribution in [3.8, 4) is 0 Å². The Morgan fingerprint density at radius 2 is 2.12 bits per heavy atom. The summed E-state index contributed by atoms with van der Waals surface area (Å²) in [6.07, 6.45) is 1.70. The molecule has 0 bridgehead atoms. The van der Waals surface area contributed by atoms with Crippen molar-refractivity contribution in [3.05, 3.63) is 53.3 Å². The van der Waals surface area contributed by atoms with Crippen LogP contribution in [0.15, 0.2) is 47.8 Å². The highest BCUT2D eigenvalue weighted by atomic mass is 16.1. The van der Waals surface area contributed by atoms with Gasteiger partial charge in [0.15, 0.2) is 0 Å². The molecular formula is C13H14N2O. The molecule has 2 N–H and O–H groups in total. The van der Waals surface area contributed by atoms with Crippen LogP contribution in [0.4, 0.5) is 5.82 Å². The average molecular weight is 214 g/mol. The summed E-state index contributed by atoms with van der Waals surface area (Å²) in [6.45, 7) is 5.57. The van der Waals surface area contributed by atoms with Crippen LogP contribution in [-0.2, 0) is 0 Å². The van der Waals surface area contributed by atoms with Crippen molar-refractivity contribution in [2.45, 2.75) is 13.0 Å². The number of anilines is 1. The quantitative estimate of drug-likeness (QED) is 0.780. The van der Waals surface area contributed by atoms with Gasteiger partial charge in [-0.25, -0.2) is 0 Å². The first-order chi connectivity index (χ1) is 7.65. The van der Waals surface area contributed by atoms with Crippen LogP contribution in [0.2, 0.25) is 0 Å². The smallest absolute Gasteiger partial charge is 0.260 e. The van der Waals surface area contributed by atoms with Gasteiger partial charge in [-0.1, -0.05) is 24.3 Å². The lowest BCUT2D eigenvalue weighted by molar-refractivity contribution is 0.651. The van der Waals surface area contributed by atoms with E-state index in [0.29, 0.717) is 11.2 Å². The molecule has 0 saturated carbocycles. The zero-order chi connectivity index (χ0) is 11.7. The number of allylic oxidation sites excluding steroid dienone is 1. The van der Waals surface area contributed by atoms with Gasteiger partial charge >= 0.3 is 0 Å². The summed E-state index contributed by atoms with van der Waals surface area (Å²) in [4.78, 5) is 12.2. The first-order valence-corrected chi connectivity index (χ1v) is 5.17. The Balaban J connectivity index is 2.86. The molecule has 16 heavy (non-hydrogen) atoms. The van der Waals surface area contributed by atoms with Gasteiger partial charge in [-0.2, -0.15) is 0 Å². The van der Waals surface area contributed by atoms with Crippen molar-refractivity contribution in [1.29, 1.82) is 0 Å². The molecule has 1 aromatic carbocycles. The van der Waals surface area contributed by atoms with E-state index in [-0.39, 0.29) is 11.6 Å². The van der Waals surface area contributed by atoms with Crippen molar-refractivity contribution in [2.24, 2.45) is 0 Å². The van der Waals surface area contributed by atoms with Gasteiger partial charge in [-0.05, 0) is 24.4 Å². The molecule has 1 heterocycles. The Hall–Kier alpha value is -2.03. The second-order valence-electron chi connectivity index (χ2n) is 3.81. The standard InChI is InChI=1S/C13H14N2O/c1-3-9(2)15-12(14)8-10-6-4-5-7-11(10)13(15)16/h3-9H,1,14H2,2H3. The van der Waals surface area contributed by atoms with Gasteiger partial charge in [0.1, 0.15) is 5.82 Å². The third-order valence-electron chi connectivity index (χ3n) is 2.74. The number of rotatable bonds is 2. The van der Waals surface area contributed by atoms with Gasteiger partial charge < -0.3 is 5.73 Å². The maximum atomic E-state index is 12.2. The lowest BCUT2D eigenvalue weighted by Gasteiger charge is -2.15. The van der Waals surface area contributed by atoms with Crippen LogP contribution in [-0.4, -0.2) is 4.57 Å². The van der Waals surface area contributed by atoms with Crippen molar-refractivity contribution < 1.29 is 0 Å². The largest absolute Gasteiger partial charge is 0.385 e. The van der Waals surface area contributed by atoms with E-state index in [1.165, 1.54) is 0 Å². The lowest BCUT2D eigenvalue weighted by Crippen LogP contribution is -2.24. The topological polar surface area (TPSA) is 48.0 Å². The van der Waals surface area contributed by atoms with E-state index >= 15 is 0 Å². The summed E-state index contributed by atoms with van der Waals surface area (Å²) in [7, 11) is 0. The predicted octanol–water partition coefficient (Wildman–Crippen LogP) is 2.33. The summed E-state index contributed by atoms with van der Waals surface area (Å²) >= 11 is 0. The highest BCUT2D eigenvalue weighted by Crippen LogP contribution is 2.16. The number of hydrogen-bond donors (Lipinski definition) is 1. The van der Waals surface area contributed by atoms with Crippen molar-refractivity contribution >= 4 is 16.6 Å². The minimum Gasteiger partial charge on any atom is -0.385 e. The lowest BCUT2D eigenvalue weighted by atomic mass is 10.1. The molecule has 0 amide bonds. The highest BCUT2D eigenvalue weighted by molar-refractivity contribution is 5.83. The van der Waals surface area contributed by atoms with Gasteiger partial charge in [0.2, 0.25) is 0 Å². The van der Waals surface area contributed by atoms with E-state index in [1.807, 2.05) is 37.3 Å². The number of pyridine rings is 1. The number of nitrogen functional groups attached to an aromatic ring is 1. The monoisotopic (exact) mass is 214 g/mol. The van der Waals surface area contributed by atoms with E-state index in [2.05, 4.69) is 6.58 Å². The minimum atomic E-state index is -0.0999. The number of aromatic nitrogens is 1. The van der Waals surface area contributed by atoms with Crippen LogP contribution >= 0.6 is 0 Å². The molecular weight excluding hydrogens is 200 g/mol. The zero-order valence-corrected chi connectivity index (χ0v) is 9.18. The summed E-state index contributed by atoms with van der Waals surface area (Å²) in [5.74, 6) is 0.469. The molecule has 1 atom stereocenters. The summed E-state index contributed by atoms with van der Waals surface area (Å²) in [5.41, 5.74) is 5.81. The van der Waals surface area contributed by atoms with E-state index in [9.17, 15) is 4.79 Å². The van der Waals surface area contributed by atoms with Gasteiger partial charge in [-0.15, -0.1) is 6.58 Å². The Bertz CT molecular complexity index is 598. The maximum absolute atomic E-state index is 12.2. The second-order valence-corrected chi connectivity index (χ2v) is 3.81. The predicted molar refractivity (Wildman–Crippen MR) is 67.5 cm³/mol. The summed E-state index contributed by atoms with van der Waals surface area (Å²) < 4.78 is 1.55. The van der Waals surface area contributed by atoms with Crippen molar-refractivity contribution in [1.82, 2.24) is 4.57 Å². The average Bonchev–Trinajstić information content (AvgIpc) is 2.28. The molecule has 0 aliphatic rings. The highest BCUT2D eigenvalue weighted by Gasteiger charge is 2.09. The fourth-order valence-corrected chi connectivity index (χ4v) is 1.82. The molecule has 2 aromatic rings. The SMILES string of the molecule is C=CC(C)n1c(N)cc2ccccc2c1=O. The molecule has 0 radical (unpaired) electrons. The van der Waals surface area contributed by atoms with Crippen molar-refractivity contribution in [2.75, 3.05) is 5.73 Å². The van der Waals surface area contributed by atoms with Crippen LogP contribution in [0.3, 0.4) is 0 Å². The number of nitrogens with two attached hydrogens (primary N) is 1. The first kappa shape index (κ1) is 10.5. The molecule has 1 aromatic heterocycles. The second kappa shape index (κ2) is 3.85. The van der Waals surface area contributed by atoms with Crippen LogP contribution in [0, 0.1) is 0 Å². The molecule has 2 rings (SSSR count). The van der Waals surface area contributed by atoms with Crippen LogP contribution in [0.25, 0.3) is 10.8 Å².